The Labute approximate surface area is 141 Å². The van der Waals surface area contributed by atoms with Gasteiger partial charge in [-0.3, -0.25) is 10.3 Å². The smallest absolute Gasteiger partial charge is 0.413 e. The second-order valence-electron chi connectivity index (χ2n) is 5.87. The zero-order valence-corrected chi connectivity index (χ0v) is 14.1. The second-order valence-corrected chi connectivity index (χ2v) is 5.87. The molecule has 1 atom stereocenters. The van der Waals surface area contributed by atoms with Crippen molar-refractivity contribution in [2.75, 3.05) is 27.0 Å². The van der Waals surface area contributed by atoms with Crippen LogP contribution < -0.4 is 14.8 Å². The van der Waals surface area contributed by atoms with Crippen molar-refractivity contribution < 1.29 is 19.0 Å². The van der Waals surface area contributed by atoms with Gasteiger partial charge in [-0.2, -0.15) is 0 Å². The molecule has 0 saturated heterocycles. The van der Waals surface area contributed by atoms with Gasteiger partial charge < -0.3 is 19.1 Å². The van der Waals surface area contributed by atoms with Crippen LogP contribution >= 0.6 is 0 Å². The minimum absolute atomic E-state index is 0.0508. The molecule has 1 unspecified atom stereocenters. The van der Waals surface area contributed by atoms with Gasteiger partial charge in [0.15, 0.2) is 11.5 Å². The molecule has 0 bridgehead atoms. The molecular weight excluding hydrogens is 310 g/mol. The molecule has 24 heavy (non-hydrogen) atoms. The molecule has 2 heterocycles. The number of unbranched alkanes of at least 4 members (excludes halogenated alkanes) is 2. The third-order valence-electron chi connectivity index (χ3n) is 4.19. The minimum Gasteiger partial charge on any atom is -0.454 e. The fourth-order valence-corrected chi connectivity index (χ4v) is 2.78. The van der Waals surface area contributed by atoms with Gasteiger partial charge in [-0.1, -0.05) is 25.8 Å². The Hall–Kier alpha value is -2.44. The summed E-state index contributed by atoms with van der Waals surface area (Å²) < 4.78 is 15.9. The first kappa shape index (κ1) is 16.4. The van der Waals surface area contributed by atoms with Crippen LogP contribution in [0.5, 0.6) is 11.5 Å². The Morgan fingerprint density at radius 2 is 2.21 bits per heavy atom. The van der Waals surface area contributed by atoms with Crippen LogP contribution in [0.4, 0.5) is 4.79 Å². The van der Waals surface area contributed by atoms with E-state index in [1.165, 1.54) is 0 Å². The molecule has 0 aromatic heterocycles. The lowest BCUT2D eigenvalue weighted by molar-refractivity contribution is 0.148. The van der Waals surface area contributed by atoms with Crippen LogP contribution in [0.3, 0.4) is 0 Å². The van der Waals surface area contributed by atoms with Crippen molar-refractivity contribution in [1.29, 1.82) is 0 Å². The fraction of sp³-hybridized carbons (Fsp3) is 0.529. The highest BCUT2D eigenvalue weighted by Crippen LogP contribution is 2.36. The number of alkyl carbamates (subject to hydrolysis) is 1. The molecule has 0 fully saturated rings. The molecule has 1 amide bonds. The number of amides is 1. The number of guanidine groups is 1. The van der Waals surface area contributed by atoms with Crippen LogP contribution in [0.15, 0.2) is 23.2 Å². The third-order valence-corrected chi connectivity index (χ3v) is 4.19. The lowest BCUT2D eigenvalue weighted by Crippen LogP contribution is -2.40. The van der Waals surface area contributed by atoms with Crippen molar-refractivity contribution in [3.05, 3.63) is 23.8 Å². The number of rotatable bonds is 5. The monoisotopic (exact) mass is 333 g/mol. The molecular formula is C17H23N3O4. The first-order valence-corrected chi connectivity index (χ1v) is 8.29. The molecule has 0 spiro atoms. The normalized spacial score (nSPS) is 18.5. The first-order chi connectivity index (χ1) is 11.7. The Morgan fingerprint density at radius 3 is 3.04 bits per heavy atom. The van der Waals surface area contributed by atoms with Crippen LogP contribution in [0.2, 0.25) is 0 Å². The van der Waals surface area contributed by atoms with Crippen LogP contribution in [0.1, 0.15) is 37.8 Å². The van der Waals surface area contributed by atoms with E-state index in [1.807, 2.05) is 30.1 Å². The fourth-order valence-electron chi connectivity index (χ4n) is 2.78. The number of carbonyl (C=O) groups excluding carboxylic acids is 1. The molecule has 0 aliphatic carbocycles. The van der Waals surface area contributed by atoms with Crippen LogP contribution in [0.25, 0.3) is 0 Å². The summed E-state index contributed by atoms with van der Waals surface area (Å²) in [6.45, 7) is 3.37. The summed E-state index contributed by atoms with van der Waals surface area (Å²) in [7, 11) is 1.90. The van der Waals surface area contributed by atoms with Crippen molar-refractivity contribution in [1.82, 2.24) is 10.2 Å². The minimum atomic E-state index is -0.456. The molecule has 7 nitrogen and oxygen atoms in total. The third kappa shape index (κ3) is 3.55. The lowest BCUT2D eigenvalue weighted by Gasteiger charge is -2.23. The molecule has 0 radical (unpaired) electrons. The number of nitrogens with zero attached hydrogens (tertiary/aromatic N) is 2. The summed E-state index contributed by atoms with van der Waals surface area (Å²) in [5.74, 6) is 2.03. The van der Waals surface area contributed by atoms with Gasteiger partial charge in [0, 0.05) is 7.05 Å². The highest BCUT2D eigenvalue weighted by atomic mass is 16.7. The van der Waals surface area contributed by atoms with Crippen molar-refractivity contribution in [2.45, 2.75) is 32.2 Å². The Bertz CT molecular complexity index is 632. The van der Waals surface area contributed by atoms with Gasteiger partial charge >= 0.3 is 6.09 Å². The number of benzene rings is 1. The highest BCUT2D eigenvalue weighted by molar-refractivity contribution is 5.94. The zero-order chi connectivity index (χ0) is 16.9. The molecule has 1 aromatic carbocycles. The summed E-state index contributed by atoms with van der Waals surface area (Å²) in [6, 6.07) is 5.91. The summed E-state index contributed by atoms with van der Waals surface area (Å²) in [5, 5.41) is 2.72. The van der Waals surface area contributed by atoms with E-state index < -0.39 is 6.09 Å². The summed E-state index contributed by atoms with van der Waals surface area (Å²) in [4.78, 5) is 18.2. The van der Waals surface area contributed by atoms with E-state index in [4.69, 9.17) is 14.2 Å². The van der Waals surface area contributed by atoms with Gasteiger partial charge in [0.1, 0.15) is 0 Å². The summed E-state index contributed by atoms with van der Waals surface area (Å²) >= 11 is 0. The SMILES string of the molecule is CCCCCOC(=O)NC1=NCC(c2ccc3c(c2)OCO3)N1C. The molecule has 1 N–H and O–H groups in total. The van der Waals surface area contributed by atoms with Gasteiger partial charge in [0.25, 0.3) is 0 Å². The molecule has 2 aliphatic rings. The van der Waals surface area contributed by atoms with E-state index in [1.54, 1.807) is 0 Å². The lowest BCUT2D eigenvalue weighted by atomic mass is 10.1. The second kappa shape index (κ2) is 7.42. The van der Waals surface area contributed by atoms with Crippen molar-refractivity contribution in [2.24, 2.45) is 4.99 Å². The maximum absolute atomic E-state index is 11.8. The molecule has 3 rings (SSSR count). The Balaban J connectivity index is 1.54. The quantitative estimate of drug-likeness (QED) is 0.839. The van der Waals surface area contributed by atoms with Gasteiger partial charge in [-0.15, -0.1) is 0 Å². The summed E-state index contributed by atoms with van der Waals surface area (Å²) in [6.07, 6.45) is 2.58. The number of nitrogens with one attached hydrogen (secondary N) is 1. The number of carbonyl (C=O) groups is 1. The number of hydrogen-bond donors (Lipinski definition) is 1. The van der Waals surface area contributed by atoms with E-state index in [0.717, 1.165) is 36.3 Å². The van der Waals surface area contributed by atoms with E-state index in [2.05, 4.69) is 17.2 Å². The molecule has 0 saturated carbocycles. The maximum atomic E-state index is 11.8. The van der Waals surface area contributed by atoms with Gasteiger partial charge in [0.2, 0.25) is 12.8 Å². The zero-order valence-electron chi connectivity index (χ0n) is 14.1. The molecule has 130 valence electrons. The van der Waals surface area contributed by atoms with E-state index in [9.17, 15) is 4.79 Å². The number of ether oxygens (including phenoxy) is 3. The van der Waals surface area contributed by atoms with Crippen molar-refractivity contribution in [3.8, 4) is 11.5 Å². The maximum Gasteiger partial charge on any atom is 0.413 e. The molecule has 1 aromatic rings. The first-order valence-electron chi connectivity index (χ1n) is 8.29. The molecule has 2 aliphatic heterocycles. The number of likely N-dealkylation sites (N-methyl/N-ethyl adjacent to an activating group) is 1. The van der Waals surface area contributed by atoms with Crippen molar-refractivity contribution >= 4 is 12.1 Å². The van der Waals surface area contributed by atoms with Gasteiger partial charge in [-0.25, -0.2) is 4.79 Å². The van der Waals surface area contributed by atoms with E-state index >= 15 is 0 Å². The topological polar surface area (TPSA) is 72.4 Å². The summed E-state index contributed by atoms with van der Waals surface area (Å²) in [5.41, 5.74) is 1.07. The molecule has 7 heteroatoms. The van der Waals surface area contributed by atoms with Gasteiger partial charge in [-0.05, 0) is 24.1 Å². The largest absolute Gasteiger partial charge is 0.454 e. The van der Waals surface area contributed by atoms with Crippen molar-refractivity contribution in [3.63, 3.8) is 0 Å². The predicted octanol–water partition coefficient (Wildman–Crippen LogP) is 2.67. The number of hydrogen-bond acceptors (Lipinski definition) is 6. The average molecular weight is 333 g/mol. The van der Waals surface area contributed by atoms with Crippen LogP contribution in [-0.2, 0) is 4.74 Å². The van der Waals surface area contributed by atoms with Gasteiger partial charge in [0.05, 0.1) is 19.2 Å². The van der Waals surface area contributed by atoms with E-state index in [0.29, 0.717) is 19.1 Å². The standard InChI is InChI=1S/C17H23N3O4/c1-3-4-5-8-22-17(21)19-16-18-10-13(20(16)2)12-6-7-14-15(9-12)24-11-23-14/h6-7,9,13H,3-5,8,10-11H2,1-2H3,(H,18,19,21). The van der Waals surface area contributed by atoms with Crippen LogP contribution in [-0.4, -0.2) is 43.9 Å². The Morgan fingerprint density at radius 1 is 1.38 bits per heavy atom. The Kier molecular flexibility index (Phi) is 5.08. The highest BCUT2D eigenvalue weighted by Gasteiger charge is 2.28. The average Bonchev–Trinajstić information content (AvgIpc) is 3.18. The number of aliphatic imine (C=N–C) groups is 1. The number of fused-ring (bicyclic) bond motifs is 1. The van der Waals surface area contributed by atoms with Crippen LogP contribution in [0, 0.1) is 0 Å². The predicted molar refractivity (Wildman–Crippen MR) is 89.4 cm³/mol. The van der Waals surface area contributed by atoms with E-state index in [-0.39, 0.29) is 12.8 Å².